The second-order valence-corrected chi connectivity index (χ2v) is 12.0. The monoisotopic (exact) mass is 542 g/mol. The van der Waals surface area contributed by atoms with Crippen LogP contribution >= 0.6 is 0 Å². The van der Waals surface area contributed by atoms with Crippen LogP contribution < -0.4 is 14.8 Å². The zero-order chi connectivity index (χ0) is 26.7. The van der Waals surface area contributed by atoms with Crippen LogP contribution in [-0.2, 0) is 10.0 Å². The van der Waals surface area contributed by atoms with Crippen molar-refractivity contribution >= 4 is 33.0 Å². The molecule has 3 heterocycles. The molecule has 1 saturated heterocycles. The van der Waals surface area contributed by atoms with Crippen LogP contribution in [0.4, 0.5) is 10.7 Å². The van der Waals surface area contributed by atoms with Crippen molar-refractivity contribution < 1.29 is 23.1 Å². The van der Waals surface area contributed by atoms with Gasteiger partial charge in [-0.1, -0.05) is 6.07 Å². The molecule has 1 aromatic carbocycles. The van der Waals surface area contributed by atoms with E-state index in [9.17, 15) is 18.3 Å². The van der Waals surface area contributed by atoms with E-state index in [0.717, 1.165) is 48.0 Å². The van der Waals surface area contributed by atoms with Gasteiger partial charge in [-0.15, -0.1) is 0 Å². The molecule has 2 aromatic heterocycles. The fourth-order valence-electron chi connectivity index (χ4n) is 5.53. The summed E-state index contributed by atoms with van der Waals surface area (Å²) in [6.07, 6.45) is 7.99. The van der Waals surface area contributed by atoms with E-state index in [1.165, 1.54) is 11.2 Å². The number of aromatic nitrogens is 3. The van der Waals surface area contributed by atoms with E-state index in [-0.39, 0.29) is 24.1 Å². The second-order valence-electron chi connectivity index (χ2n) is 10.2. The summed E-state index contributed by atoms with van der Waals surface area (Å²) in [5.74, 6) is 1.35. The van der Waals surface area contributed by atoms with Gasteiger partial charge in [0.1, 0.15) is 11.9 Å². The molecular formula is C26H34N6O5S. The summed E-state index contributed by atoms with van der Waals surface area (Å²) in [5.41, 5.74) is 1.73. The summed E-state index contributed by atoms with van der Waals surface area (Å²) in [6.45, 7) is 0.907. The number of nitrogens with zero attached hydrogens (tertiary/aromatic N) is 3. The molecule has 4 N–H and O–H groups in total. The Balaban J connectivity index is 1.33. The Hall–Kier alpha value is -3.38. The summed E-state index contributed by atoms with van der Waals surface area (Å²) in [7, 11) is -3.22. The number of aromatic amines is 1. The number of nitrogens with one attached hydrogen (secondary N) is 3. The van der Waals surface area contributed by atoms with Crippen molar-refractivity contribution in [3.63, 3.8) is 0 Å². The highest BCUT2D eigenvalue weighted by Gasteiger charge is 2.33. The standard InChI is InChI=1S/C26H34N6O5S/c1-38(35,36)31-19-7-5-18(6-8-19)29-25-28-14-10-22(30-25)24(17-11-15-32(16-12-17)26(33)34)37-23-4-2-3-21-20(23)9-13-27-21/h2-4,9-10,13-14,17-19,24,27,31H,5-8,11-12,15-16H2,1H3,(H,33,34)(H,28,29,30). The number of amides is 1. The molecule has 204 valence electrons. The maximum absolute atomic E-state index is 11.6. The summed E-state index contributed by atoms with van der Waals surface area (Å²) < 4.78 is 32.4. The van der Waals surface area contributed by atoms with Gasteiger partial charge in [0.05, 0.1) is 11.9 Å². The Morgan fingerprint density at radius 3 is 2.55 bits per heavy atom. The maximum Gasteiger partial charge on any atom is 0.407 e. The van der Waals surface area contributed by atoms with E-state index in [4.69, 9.17) is 9.72 Å². The fourth-order valence-corrected chi connectivity index (χ4v) is 6.37. The summed E-state index contributed by atoms with van der Waals surface area (Å²) in [5, 5.41) is 13.8. The molecule has 1 saturated carbocycles. The fraction of sp³-hybridized carbons (Fsp3) is 0.500. The van der Waals surface area contributed by atoms with Gasteiger partial charge in [0.2, 0.25) is 16.0 Å². The van der Waals surface area contributed by atoms with Crippen LogP contribution in [0.1, 0.15) is 50.3 Å². The summed E-state index contributed by atoms with van der Waals surface area (Å²) >= 11 is 0. The zero-order valence-corrected chi connectivity index (χ0v) is 22.2. The normalized spacial score (nSPS) is 21.8. The summed E-state index contributed by atoms with van der Waals surface area (Å²) in [6, 6.07) is 9.84. The van der Waals surface area contributed by atoms with Crippen molar-refractivity contribution in [3.05, 3.63) is 48.4 Å². The van der Waals surface area contributed by atoms with Crippen molar-refractivity contribution in [2.45, 2.75) is 56.7 Å². The van der Waals surface area contributed by atoms with E-state index in [1.54, 1.807) is 6.20 Å². The molecule has 1 aliphatic carbocycles. The quantitative estimate of drug-likeness (QED) is 0.336. The molecule has 0 bridgehead atoms. The van der Waals surface area contributed by atoms with Crippen molar-refractivity contribution in [3.8, 4) is 5.75 Å². The van der Waals surface area contributed by atoms with Gasteiger partial charge in [-0.2, -0.15) is 0 Å². The first kappa shape index (κ1) is 26.2. The number of H-pyrrole nitrogens is 1. The van der Waals surface area contributed by atoms with E-state index in [1.807, 2.05) is 36.5 Å². The molecule has 1 unspecified atom stereocenters. The number of rotatable bonds is 8. The lowest BCUT2D eigenvalue weighted by Gasteiger charge is -2.35. The zero-order valence-electron chi connectivity index (χ0n) is 21.3. The number of hydrogen-bond donors (Lipinski definition) is 4. The third kappa shape index (κ3) is 6.36. The minimum Gasteiger partial charge on any atom is -0.483 e. The third-order valence-electron chi connectivity index (χ3n) is 7.46. The number of sulfonamides is 1. The molecule has 5 rings (SSSR count). The van der Waals surface area contributed by atoms with Crippen LogP contribution in [0.25, 0.3) is 10.9 Å². The molecule has 3 aromatic rings. The van der Waals surface area contributed by atoms with Gasteiger partial charge in [-0.3, -0.25) is 0 Å². The molecular weight excluding hydrogens is 508 g/mol. The van der Waals surface area contributed by atoms with E-state index >= 15 is 0 Å². The lowest BCUT2D eigenvalue weighted by Crippen LogP contribution is -2.40. The number of benzene rings is 1. The van der Waals surface area contributed by atoms with Gasteiger partial charge >= 0.3 is 6.09 Å². The lowest BCUT2D eigenvalue weighted by molar-refractivity contribution is 0.0711. The first-order valence-corrected chi connectivity index (χ1v) is 14.9. The molecule has 38 heavy (non-hydrogen) atoms. The topological polar surface area (TPSA) is 150 Å². The SMILES string of the molecule is CS(=O)(=O)NC1CCC(Nc2nccc(C(Oc3cccc4[nH]ccc34)C3CCN(C(=O)O)CC3)n2)CC1. The summed E-state index contributed by atoms with van der Waals surface area (Å²) in [4.78, 5) is 25.4. The molecule has 1 aliphatic heterocycles. The van der Waals surface area contributed by atoms with Crippen LogP contribution in [-0.4, -0.2) is 70.9 Å². The first-order valence-electron chi connectivity index (χ1n) is 13.0. The van der Waals surface area contributed by atoms with Crippen LogP contribution in [0, 0.1) is 5.92 Å². The molecule has 11 nitrogen and oxygen atoms in total. The van der Waals surface area contributed by atoms with Crippen molar-refractivity contribution in [2.75, 3.05) is 24.7 Å². The van der Waals surface area contributed by atoms with E-state index < -0.39 is 16.1 Å². The Bertz CT molecular complexity index is 1360. The van der Waals surface area contributed by atoms with Gasteiger partial charge in [0.25, 0.3) is 0 Å². The highest BCUT2D eigenvalue weighted by atomic mass is 32.2. The Morgan fingerprint density at radius 1 is 1.11 bits per heavy atom. The third-order valence-corrected chi connectivity index (χ3v) is 8.22. The molecule has 0 radical (unpaired) electrons. The number of carboxylic acid groups (broad SMARTS) is 1. The van der Waals surface area contributed by atoms with E-state index in [0.29, 0.717) is 31.9 Å². The second kappa shape index (κ2) is 11.2. The van der Waals surface area contributed by atoms with Crippen molar-refractivity contribution in [1.29, 1.82) is 0 Å². The smallest absolute Gasteiger partial charge is 0.407 e. The predicted octanol–water partition coefficient (Wildman–Crippen LogP) is 3.74. The highest BCUT2D eigenvalue weighted by Crippen LogP contribution is 2.37. The average Bonchev–Trinajstić information content (AvgIpc) is 3.38. The number of carbonyl (C=O) groups is 1. The molecule has 1 amide bonds. The molecule has 0 spiro atoms. The van der Waals surface area contributed by atoms with Crippen LogP contribution in [0.15, 0.2) is 42.7 Å². The Kier molecular flexibility index (Phi) is 7.70. The molecule has 12 heteroatoms. The van der Waals surface area contributed by atoms with Gasteiger partial charge in [-0.05, 0) is 62.8 Å². The largest absolute Gasteiger partial charge is 0.483 e. The number of hydrogen-bond acceptors (Lipinski definition) is 7. The minimum absolute atomic E-state index is 0.0408. The highest BCUT2D eigenvalue weighted by molar-refractivity contribution is 7.88. The Morgan fingerprint density at radius 2 is 1.84 bits per heavy atom. The predicted molar refractivity (Wildman–Crippen MR) is 144 cm³/mol. The molecule has 2 fully saturated rings. The number of anilines is 1. The lowest BCUT2D eigenvalue weighted by atomic mass is 9.89. The van der Waals surface area contributed by atoms with E-state index in [2.05, 4.69) is 20.0 Å². The first-order chi connectivity index (χ1) is 18.2. The van der Waals surface area contributed by atoms with Crippen molar-refractivity contribution in [2.24, 2.45) is 5.92 Å². The number of piperidine rings is 1. The number of ether oxygens (including phenoxy) is 1. The molecule has 2 aliphatic rings. The number of likely N-dealkylation sites (tertiary alicyclic amines) is 1. The number of fused-ring (bicyclic) bond motifs is 1. The van der Waals surface area contributed by atoms with Gasteiger partial charge in [0.15, 0.2) is 0 Å². The maximum atomic E-state index is 11.6. The van der Waals surface area contributed by atoms with Crippen LogP contribution in [0.2, 0.25) is 0 Å². The van der Waals surface area contributed by atoms with Gasteiger partial charge in [0, 0.05) is 54.4 Å². The van der Waals surface area contributed by atoms with Crippen LogP contribution in [0.5, 0.6) is 5.75 Å². The minimum atomic E-state index is -3.22. The van der Waals surface area contributed by atoms with Crippen molar-refractivity contribution in [1.82, 2.24) is 24.6 Å². The van der Waals surface area contributed by atoms with Gasteiger partial charge in [-0.25, -0.2) is 27.9 Å². The van der Waals surface area contributed by atoms with Gasteiger partial charge < -0.3 is 25.0 Å². The Labute approximate surface area is 222 Å². The molecule has 1 atom stereocenters. The average molecular weight is 543 g/mol. The van der Waals surface area contributed by atoms with Crippen LogP contribution in [0.3, 0.4) is 0 Å².